The minimum absolute atomic E-state index is 0.0512. The lowest BCUT2D eigenvalue weighted by atomic mass is 9.76. The summed E-state index contributed by atoms with van der Waals surface area (Å²) < 4.78 is 4.50. The molecule has 1 heterocycles. The molecule has 0 spiro atoms. The van der Waals surface area contributed by atoms with Gasteiger partial charge in [0.05, 0.1) is 6.42 Å². The molecule has 1 saturated carbocycles. The highest BCUT2D eigenvalue weighted by atomic mass is 16.6. The standard InChI is InChI=1S/C11H11NO5/c13-9-4-6-1-2-7(11(15)12-16)3-8(6)5-10(14)17-9/h5-7H,1-4H2/t6-,7-/m1/s1. The lowest BCUT2D eigenvalue weighted by molar-refractivity contribution is -0.156. The third-order valence-corrected chi connectivity index (χ3v) is 3.24. The van der Waals surface area contributed by atoms with Gasteiger partial charge in [-0.05, 0) is 25.2 Å². The van der Waals surface area contributed by atoms with Gasteiger partial charge in [-0.15, -0.1) is 4.91 Å². The van der Waals surface area contributed by atoms with Crippen molar-refractivity contribution >= 4 is 17.8 Å². The molecule has 2 aliphatic rings. The Balaban J connectivity index is 2.17. The van der Waals surface area contributed by atoms with Gasteiger partial charge < -0.3 is 4.74 Å². The Morgan fingerprint density at radius 3 is 2.76 bits per heavy atom. The summed E-state index contributed by atoms with van der Waals surface area (Å²) in [5, 5.41) is 2.41. The van der Waals surface area contributed by atoms with Crippen molar-refractivity contribution in [3.63, 3.8) is 0 Å². The number of hydrogen-bond acceptors (Lipinski definition) is 5. The average molecular weight is 237 g/mol. The Morgan fingerprint density at radius 1 is 1.29 bits per heavy atom. The monoisotopic (exact) mass is 237 g/mol. The van der Waals surface area contributed by atoms with E-state index in [9.17, 15) is 19.3 Å². The molecular weight excluding hydrogens is 226 g/mol. The first-order valence-corrected chi connectivity index (χ1v) is 5.42. The fraction of sp³-hybridized carbons (Fsp3) is 0.545. The molecule has 0 unspecified atom stereocenters. The summed E-state index contributed by atoms with van der Waals surface area (Å²) in [5.41, 5.74) is 0.717. The zero-order chi connectivity index (χ0) is 12.4. The second kappa shape index (κ2) is 4.57. The molecule has 1 aliphatic heterocycles. The van der Waals surface area contributed by atoms with Crippen LogP contribution in [0, 0.1) is 16.7 Å². The van der Waals surface area contributed by atoms with Crippen molar-refractivity contribution in [1.29, 1.82) is 0 Å². The van der Waals surface area contributed by atoms with E-state index < -0.39 is 23.8 Å². The third kappa shape index (κ3) is 2.46. The van der Waals surface area contributed by atoms with Crippen LogP contribution >= 0.6 is 0 Å². The highest BCUT2D eigenvalue weighted by Gasteiger charge is 2.34. The Morgan fingerprint density at radius 2 is 2.06 bits per heavy atom. The molecule has 90 valence electrons. The number of ether oxygens (including phenoxy) is 1. The van der Waals surface area contributed by atoms with E-state index in [-0.39, 0.29) is 12.3 Å². The number of allylic oxidation sites excluding steroid dienone is 1. The number of esters is 2. The van der Waals surface area contributed by atoms with Crippen LogP contribution in [0.5, 0.6) is 0 Å². The molecule has 17 heavy (non-hydrogen) atoms. The summed E-state index contributed by atoms with van der Waals surface area (Å²) in [5.74, 6) is -2.43. The van der Waals surface area contributed by atoms with E-state index in [1.54, 1.807) is 0 Å². The molecule has 0 aromatic carbocycles. The molecule has 0 saturated heterocycles. The van der Waals surface area contributed by atoms with Crippen molar-refractivity contribution in [2.75, 3.05) is 0 Å². The van der Waals surface area contributed by atoms with E-state index in [4.69, 9.17) is 0 Å². The molecule has 6 heteroatoms. The van der Waals surface area contributed by atoms with Crippen LogP contribution < -0.4 is 0 Å². The number of rotatable bonds is 1. The first-order valence-electron chi connectivity index (χ1n) is 5.42. The normalized spacial score (nSPS) is 28.6. The van der Waals surface area contributed by atoms with E-state index >= 15 is 0 Å². The first-order chi connectivity index (χ1) is 8.10. The highest BCUT2D eigenvalue weighted by Crippen LogP contribution is 2.37. The molecule has 2 rings (SSSR count). The van der Waals surface area contributed by atoms with Crippen LogP contribution in [-0.2, 0) is 19.1 Å². The molecule has 1 aliphatic carbocycles. The van der Waals surface area contributed by atoms with Crippen molar-refractivity contribution in [2.45, 2.75) is 25.7 Å². The molecular formula is C11H11NO5. The van der Waals surface area contributed by atoms with Crippen LogP contribution in [0.1, 0.15) is 25.7 Å². The quantitative estimate of drug-likeness (QED) is 0.387. The molecule has 0 aromatic rings. The molecule has 6 nitrogen and oxygen atoms in total. The van der Waals surface area contributed by atoms with Gasteiger partial charge >= 0.3 is 11.9 Å². The van der Waals surface area contributed by atoms with Crippen LogP contribution in [-0.4, -0.2) is 17.8 Å². The van der Waals surface area contributed by atoms with E-state index in [0.29, 0.717) is 24.8 Å². The SMILES string of the molecule is O=NC(=O)[C@@H]1CC[C@@H]2CC(=O)OC(=O)C=C2C1. The van der Waals surface area contributed by atoms with Crippen molar-refractivity contribution in [1.82, 2.24) is 0 Å². The number of fused-ring (bicyclic) bond motifs is 1. The summed E-state index contributed by atoms with van der Waals surface area (Å²) in [6, 6.07) is 0. The molecule has 2 atom stereocenters. The minimum Gasteiger partial charge on any atom is -0.390 e. The number of cyclic esters (lactones) is 2. The molecule has 0 bridgehead atoms. The summed E-state index contributed by atoms with van der Waals surface area (Å²) in [6.07, 6.45) is 2.86. The van der Waals surface area contributed by atoms with E-state index in [0.717, 1.165) is 0 Å². The van der Waals surface area contributed by atoms with Gasteiger partial charge in [-0.25, -0.2) is 4.79 Å². The zero-order valence-electron chi connectivity index (χ0n) is 9.05. The Kier molecular flexibility index (Phi) is 3.12. The van der Waals surface area contributed by atoms with Crippen molar-refractivity contribution in [2.24, 2.45) is 17.0 Å². The Hall–Kier alpha value is -1.85. The minimum atomic E-state index is -0.695. The summed E-state index contributed by atoms with van der Waals surface area (Å²) in [4.78, 5) is 43.8. The molecule has 0 radical (unpaired) electrons. The summed E-state index contributed by atoms with van der Waals surface area (Å²) >= 11 is 0. The number of carbonyl (C=O) groups excluding carboxylic acids is 3. The smallest absolute Gasteiger partial charge is 0.338 e. The van der Waals surface area contributed by atoms with Crippen molar-refractivity contribution < 1.29 is 19.1 Å². The Bertz CT molecular complexity index is 426. The van der Waals surface area contributed by atoms with Gasteiger partial charge in [0.2, 0.25) is 0 Å². The molecule has 1 amide bonds. The predicted molar refractivity (Wildman–Crippen MR) is 55.4 cm³/mol. The van der Waals surface area contributed by atoms with Crippen LogP contribution in [0.3, 0.4) is 0 Å². The zero-order valence-corrected chi connectivity index (χ0v) is 9.05. The van der Waals surface area contributed by atoms with Gasteiger partial charge in [-0.2, -0.15) is 0 Å². The number of hydrogen-bond donors (Lipinski definition) is 0. The van der Waals surface area contributed by atoms with Gasteiger partial charge in [0.1, 0.15) is 0 Å². The lowest BCUT2D eigenvalue weighted by Gasteiger charge is -2.27. The molecule has 0 N–H and O–H groups in total. The van der Waals surface area contributed by atoms with Gasteiger partial charge in [0.15, 0.2) is 0 Å². The highest BCUT2D eigenvalue weighted by molar-refractivity contribution is 5.94. The van der Waals surface area contributed by atoms with Gasteiger partial charge in [0, 0.05) is 17.2 Å². The van der Waals surface area contributed by atoms with Gasteiger partial charge in [0.25, 0.3) is 5.91 Å². The number of carbonyl (C=O) groups is 3. The fourth-order valence-corrected chi connectivity index (χ4v) is 2.37. The summed E-state index contributed by atoms with van der Waals surface area (Å²) in [7, 11) is 0. The van der Waals surface area contributed by atoms with Crippen LogP contribution in [0.25, 0.3) is 0 Å². The largest absolute Gasteiger partial charge is 0.390 e. The Labute approximate surface area is 97.0 Å². The van der Waals surface area contributed by atoms with Gasteiger partial charge in [-0.1, -0.05) is 5.57 Å². The van der Waals surface area contributed by atoms with Crippen LogP contribution in [0.4, 0.5) is 0 Å². The first kappa shape index (κ1) is 11.6. The average Bonchev–Trinajstić information content (AvgIpc) is 2.43. The third-order valence-electron chi connectivity index (χ3n) is 3.24. The fourth-order valence-electron chi connectivity index (χ4n) is 2.37. The van der Waals surface area contributed by atoms with Crippen molar-refractivity contribution in [3.05, 3.63) is 16.6 Å². The predicted octanol–water partition coefficient (Wildman–Crippen LogP) is 1.10. The van der Waals surface area contributed by atoms with Gasteiger partial charge in [-0.3, -0.25) is 9.59 Å². The van der Waals surface area contributed by atoms with E-state index in [2.05, 4.69) is 9.91 Å². The van der Waals surface area contributed by atoms with E-state index in [1.807, 2.05) is 0 Å². The van der Waals surface area contributed by atoms with E-state index in [1.165, 1.54) is 6.08 Å². The maximum atomic E-state index is 11.2. The molecule has 0 aromatic heterocycles. The van der Waals surface area contributed by atoms with Crippen LogP contribution in [0.2, 0.25) is 0 Å². The lowest BCUT2D eigenvalue weighted by Crippen LogP contribution is -2.23. The maximum absolute atomic E-state index is 11.2. The summed E-state index contributed by atoms with van der Waals surface area (Å²) in [6.45, 7) is 0. The number of nitroso groups, excluding NO2 is 1. The van der Waals surface area contributed by atoms with Crippen molar-refractivity contribution in [3.8, 4) is 0 Å². The topological polar surface area (TPSA) is 89.9 Å². The maximum Gasteiger partial charge on any atom is 0.338 e. The van der Waals surface area contributed by atoms with Crippen LogP contribution in [0.15, 0.2) is 16.8 Å². The molecule has 1 fully saturated rings. The number of amides is 1. The number of nitrogens with zero attached hydrogens (tertiary/aromatic N) is 1. The second-order valence-corrected chi connectivity index (χ2v) is 4.32. The second-order valence-electron chi connectivity index (χ2n) is 4.32.